The van der Waals surface area contributed by atoms with Crippen LogP contribution >= 0.6 is 15.9 Å². The number of imidazole rings is 2. The number of halogens is 1. The molecule has 2 heterocycles. The van der Waals surface area contributed by atoms with E-state index < -0.39 is 5.97 Å². The Morgan fingerprint density at radius 1 is 1.40 bits per heavy atom. The molecule has 6 heteroatoms. The molecule has 1 N–H and O–H groups in total. The molecule has 0 atom stereocenters. The van der Waals surface area contributed by atoms with Gasteiger partial charge in [0.15, 0.2) is 0 Å². The molecule has 5 nitrogen and oxygen atoms in total. The standard InChI is InChI=1S/C14H14BrN3O2/c1-7-4-9(15)13-11(5-7)18-10(6-12(19)20)8(2)17(3)14(18)16-13/h4-5H,6H2,1-3H3,(H,19,20). The number of carboxylic acids is 1. The lowest BCUT2D eigenvalue weighted by atomic mass is 10.2. The zero-order valence-corrected chi connectivity index (χ0v) is 13.0. The van der Waals surface area contributed by atoms with Crippen molar-refractivity contribution in [2.45, 2.75) is 20.3 Å². The van der Waals surface area contributed by atoms with Crippen molar-refractivity contribution in [2.75, 3.05) is 0 Å². The van der Waals surface area contributed by atoms with E-state index in [1.807, 2.05) is 42.0 Å². The summed E-state index contributed by atoms with van der Waals surface area (Å²) in [5.41, 5.74) is 4.60. The lowest BCUT2D eigenvalue weighted by Gasteiger charge is -2.02. The lowest BCUT2D eigenvalue weighted by Crippen LogP contribution is -2.05. The number of rotatable bonds is 2. The fourth-order valence-electron chi connectivity index (χ4n) is 2.60. The Balaban J connectivity index is 2.49. The Morgan fingerprint density at radius 2 is 2.10 bits per heavy atom. The third-order valence-corrected chi connectivity index (χ3v) is 4.25. The summed E-state index contributed by atoms with van der Waals surface area (Å²) in [5, 5.41) is 9.13. The SMILES string of the molecule is Cc1cc(Br)c2nc3n(C)c(C)c(CC(=O)O)n3c2c1. The maximum absolute atomic E-state index is 11.1. The number of nitrogens with zero attached hydrogens (tertiary/aromatic N) is 3. The molecule has 0 amide bonds. The highest BCUT2D eigenvalue weighted by Crippen LogP contribution is 2.29. The number of carboxylic acid groups (broad SMARTS) is 1. The number of aliphatic carboxylic acids is 1. The van der Waals surface area contributed by atoms with Crippen LogP contribution < -0.4 is 0 Å². The predicted octanol–water partition coefficient (Wildman–Crippen LogP) is 2.83. The molecule has 0 unspecified atom stereocenters. The summed E-state index contributed by atoms with van der Waals surface area (Å²) in [5.74, 6) is -0.0748. The van der Waals surface area contributed by atoms with Gasteiger partial charge in [-0.3, -0.25) is 9.20 Å². The van der Waals surface area contributed by atoms with E-state index in [-0.39, 0.29) is 6.42 Å². The second-order valence-electron chi connectivity index (χ2n) is 5.02. The molecule has 0 aliphatic carbocycles. The van der Waals surface area contributed by atoms with Crippen LogP contribution in [-0.2, 0) is 18.3 Å². The van der Waals surface area contributed by atoms with Gasteiger partial charge in [-0.15, -0.1) is 0 Å². The van der Waals surface area contributed by atoms with Crippen molar-refractivity contribution in [1.29, 1.82) is 0 Å². The van der Waals surface area contributed by atoms with Crippen LogP contribution in [0.5, 0.6) is 0 Å². The molecule has 0 fully saturated rings. The summed E-state index contributed by atoms with van der Waals surface area (Å²) >= 11 is 3.53. The minimum absolute atomic E-state index is 0.0137. The Bertz CT molecular complexity index is 861. The average molecular weight is 336 g/mol. The quantitative estimate of drug-likeness (QED) is 0.783. The van der Waals surface area contributed by atoms with E-state index in [4.69, 9.17) is 5.11 Å². The number of fused-ring (bicyclic) bond motifs is 3. The average Bonchev–Trinajstić information content (AvgIpc) is 2.82. The van der Waals surface area contributed by atoms with Gasteiger partial charge < -0.3 is 9.67 Å². The van der Waals surface area contributed by atoms with E-state index >= 15 is 0 Å². The predicted molar refractivity (Wildman–Crippen MR) is 80.2 cm³/mol. The number of benzene rings is 1. The summed E-state index contributed by atoms with van der Waals surface area (Å²) in [7, 11) is 1.91. The summed E-state index contributed by atoms with van der Waals surface area (Å²) in [6.45, 7) is 3.93. The molecule has 0 spiro atoms. The minimum Gasteiger partial charge on any atom is -0.481 e. The van der Waals surface area contributed by atoms with Gasteiger partial charge in [-0.05, 0) is 47.5 Å². The molecule has 0 radical (unpaired) electrons. The van der Waals surface area contributed by atoms with Crippen molar-refractivity contribution in [1.82, 2.24) is 14.0 Å². The highest BCUT2D eigenvalue weighted by Gasteiger charge is 2.19. The number of hydrogen-bond donors (Lipinski definition) is 1. The first kappa shape index (κ1) is 13.2. The molecule has 0 aliphatic heterocycles. The summed E-state index contributed by atoms with van der Waals surface area (Å²) in [6.07, 6.45) is -0.0137. The number of aryl methyl sites for hydroxylation is 2. The first-order valence-corrected chi connectivity index (χ1v) is 7.03. The van der Waals surface area contributed by atoms with Gasteiger partial charge >= 0.3 is 5.97 Å². The van der Waals surface area contributed by atoms with Crippen LogP contribution in [0.2, 0.25) is 0 Å². The Morgan fingerprint density at radius 3 is 2.75 bits per heavy atom. The van der Waals surface area contributed by atoms with Crippen LogP contribution in [0.3, 0.4) is 0 Å². The van der Waals surface area contributed by atoms with E-state index in [0.717, 1.165) is 38.2 Å². The largest absolute Gasteiger partial charge is 0.481 e. The zero-order chi connectivity index (χ0) is 14.6. The summed E-state index contributed by atoms with van der Waals surface area (Å²) in [6, 6.07) is 4.05. The molecule has 20 heavy (non-hydrogen) atoms. The van der Waals surface area contributed by atoms with Gasteiger partial charge in [0.2, 0.25) is 5.78 Å². The fourth-order valence-corrected chi connectivity index (χ4v) is 3.25. The molecule has 0 saturated carbocycles. The molecule has 2 aromatic heterocycles. The van der Waals surface area contributed by atoms with Gasteiger partial charge in [0, 0.05) is 17.2 Å². The fraction of sp³-hybridized carbons (Fsp3) is 0.286. The van der Waals surface area contributed by atoms with Crippen molar-refractivity contribution >= 4 is 38.7 Å². The van der Waals surface area contributed by atoms with E-state index in [1.54, 1.807) is 0 Å². The van der Waals surface area contributed by atoms with Crippen LogP contribution in [0, 0.1) is 13.8 Å². The highest BCUT2D eigenvalue weighted by molar-refractivity contribution is 9.10. The molecule has 0 bridgehead atoms. The molecule has 104 valence electrons. The van der Waals surface area contributed by atoms with Crippen LogP contribution in [0.1, 0.15) is 17.0 Å². The molecule has 3 rings (SSSR count). The van der Waals surface area contributed by atoms with Gasteiger partial charge in [-0.2, -0.15) is 0 Å². The van der Waals surface area contributed by atoms with Gasteiger partial charge in [0.25, 0.3) is 0 Å². The van der Waals surface area contributed by atoms with Crippen molar-refractivity contribution in [2.24, 2.45) is 7.05 Å². The normalized spacial score (nSPS) is 11.6. The summed E-state index contributed by atoms with van der Waals surface area (Å²) in [4.78, 5) is 15.7. The number of hydrogen-bond acceptors (Lipinski definition) is 2. The first-order chi connectivity index (χ1) is 9.40. The van der Waals surface area contributed by atoms with E-state index in [0.29, 0.717) is 0 Å². The molecular formula is C14H14BrN3O2. The van der Waals surface area contributed by atoms with E-state index in [2.05, 4.69) is 20.9 Å². The maximum atomic E-state index is 11.1. The molecule has 3 aromatic rings. The first-order valence-electron chi connectivity index (χ1n) is 6.24. The third kappa shape index (κ3) is 1.75. The molecule has 0 aliphatic rings. The Labute approximate surface area is 124 Å². The number of aromatic nitrogens is 3. The van der Waals surface area contributed by atoms with Crippen molar-refractivity contribution < 1.29 is 9.90 Å². The van der Waals surface area contributed by atoms with Crippen molar-refractivity contribution in [3.05, 3.63) is 33.6 Å². The molecular weight excluding hydrogens is 322 g/mol. The maximum Gasteiger partial charge on any atom is 0.309 e. The van der Waals surface area contributed by atoms with Crippen molar-refractivity contribution in [3.8, 4) is 0 Å². The Kier molecular flexibility index (Phi) is 2.86. The van der Waals surface area contributed by atoms with Crippen LogP contribution in [-0.4, -0.2) is 25.0 Å². The lowest BCUT2D eigenvalue weighted by molar-refractivity contribution is -0.136. The zero-order valence-electron chi connectivity index (χ0n) is 11.4. The highest BCUT2D eigenvalue weighted by atomic mass is 79.9. The van der Waals surface area contributed by atoms with Crippen molar-refractivity contribution in [3.63, 3.8) is 0 Å². The Hall–Kier alpha value is -1.82. The van der Waals surface area contributed by atoms with Crippen LogP contribution in [0.4, 0.5) is 0 Å². The second kappa shape index (κ2) is 4.34. The molecule has 1 aromatic carbocycles. The number of carbonyl (C=O) groups is 1. The van der Waals surface area contributed by atoms with Crippen LogP contribution in [0.25, 0.3) is 16.8 Å². The van der Waals surface area contributed by atoms with E-state index in [9.17, 15) is 4.79 Å². The monoisotopic (exact) mass is 335 g/mol. The minimum atomic E-state index is -0.839. The van der Waals surface area contributed by atoms with Gasteiger partial charge in [0.05, 0.1) is 17.6 Å². The molecule has 0 saturated heterocycles. The second-order valence-corrected chi connectivity index (χ2v) is 5.88. The van der Waals surface area contributed by atoms with Gasteiger partial charge in [-0.25, -0.2) is 4.98 Å². The van der Waals surface area contributed by atoms with Gasteiger partial charge in [-0.1, -0.05) is 0 Å². The van der Waals surface area contributed by atoms with E-state index in [1.165, 1.54) is 0 Å². The van der Waals surface area contributed by atoms with Crippen LogP contribution in [0.15, 0.2) is 16.6 Å². The smallest absolute Gasteiger partial charge is 0.309 e. The van der Waals surface area contributed by atoms with Gasteiger partial charge in [0.1, 0.15) is 5.52 Å². The summed E-state index contributed by atoms with van der Waals surface area (Å²) < 4.78 is 4.80. The third-order valence-electron chi connectivity index (χ3n) is 3.65. The topological polar surface area (TPSA) is 59.5 Å².